The normalized spacial score (nSPS) is 30.6. The molecule has 4 aliphatic rings. The molecule has 1 unspecified atom stereocenters. The Morgan fingerprint density at radius 1 is 1.18 bits per heavy atom. The number of esters is 1. The van der Waals surface area contributed by atoms with Crippen molar-refractivity contribution in [1.29, 1.82) is 0 Å². The Morgan fingerprint density at radius 3 is 2.71 bits per heavy atom. The molecule has 0 radical (unpaired) electrons. The zero-order valence-corrected chi connectivity index (χ0v) is 14.8. The quantitative estimate of drug-likeness (QED) is 0.547. The molecule has 4 nitrogen and oxygen atoms in total. The Balaban J connectivity index is 1.40. The van der Waals surface area contributed by atoms with Crippen LogP contribution in [0.4, 0.5) is 13.2 Å². The van der Waals surface area contributed by atoms with Crippen LogP contribution in [0, 0.1) is 11.8 Å². The molecule has 3 aliphatic heterocycles. The average Bonchev–Trinajstić information content (AvgIpc) is 3.12. The Hall–Kier alpha value is -2.72. The van der Waals surface area contributed by atoms with Gasteiger partial charge in [0.25, 0.3) is 0 Å². The predicted octanol–water partition coefficient (Wildman–Crippen LogP) is 3.34. The van der Waals surface area contributed by atoms with Crippen molar-refractivity contribution < 1.29 is 27.4 Å². The van der Waals surface area contributed by atoms with Crippen LogP contribution in [-0.2, 0) is 9.53 Å². The van der Waals surface area contributed by atoms with Gasteiger partial charge in [-0.05, 0) is 49.7 Å². The zero-order chi connectivity index (χ0) is 19.5. The summed E-state index contributed by atoms with van der Waals surface area (Å²) in [6, 6.07) is 5.64. The van der Waals surface area contributed by atoms with E-state index in [1.807, 2.05) is 6.08 Å². The van der Waals surface area contributed by atoms with Gasteiger partial charge in [-0.15, -0.1) is 13.2 Å². The van der Waals surface area contributed by atoms with Crippen LogP contribution < -0.4 is 4.74 Å². The molecule has 2 fully saturated rings. The van der Waals surface area contributed by atoms with Gasteiger partial charge in [0.15, 0.2) is 5.60 Å². The van der Waals surface area contributed by atoms with Crippen molar-refractivity contribution in [3.05, 3.63) is 53.1 Å². The first kappa shape index (κ1) is 17.4. The highest BCUT2D eigenvalue weighted by Crippen LogP contribution is 2.57. The standard InChI is InChI=1S/C21H16F3NO3/c22-21(23,24)27-15-8-5-13(6-9-15)4-7-14-11-18-20(16(14)12-19(26)28-20)17-3-1-2-10-25(17)18/h5-6,8-9,11-12,17-18H,1-3,10H2/t17-,18-,20?/m1/s1. The van der Waals surface area contributed by atoms with Gasteiger partial charge in [-0.3, -0.25) is 4.90 Å². The number of hydrogen-bond donors (Lipinski definition) is 0. The third-order valence-electron chi connectivity index (χ3n) is 5.83. The minimum absolute atomic E-state index is 0.0300. The van der Waals surface area contributed by atoms with Gasteiger partial charge in [-0.1, -0.05) is 18.3 Å². The molecule has 28 heavy (non-hydrogen) atoms. The summed E-state index contributed by atoms with van der Waals surface area (Å²) in [5.41, 5.74) is 1.58. The maximum absolute atomic E-state index is 12.2. The summed E-state index contributed by atoms with van der Waals surface area (Å²) < 4.78 is 46.4. The van der Waals surface area contributed by atoms with Crippen LogP contribution in [0.25, 0.3) is 0 Å². The maximum Gasteiger partial charge on any atom is 0.573 e. The largest absolute Gasteiger partial charge is 0.573 e. The molecule has 2 saturated heterocycles. The van der Waals surface area contributed by atoms with E-state index in [-0.39, 0.29) is 23.8 Å². The first-order chi connectivity index (χ1) is 13.4. The van der Waals surface area contributed by atoms with Crippen molar-refractivity contribution in [3.8, 4) is 17.6 Å². The lowest BCUT2D eigenvalue weighted by molar-refractivity contribution is -0.274. The first-order valence-electron chi connectivity index (χ1n) is 9.18. The Morgan fingerprint density at radius 2 is 1.96 bits per heavy atom. The van der Waals surface area contributed by atoms with Gasteiger partial charge in [-0.25, -0.2) is 4.79 Å². The molecule has 1 aliphatic carbocycles. The number of halogens is 3. The number of fused-ring (bicyclic) bond motifs is 2. The molecule has 0 N–H and O–H groups in total. The van der Waals surface area contributed by atoms with Crippen molar-refractivity contribution in [2.24, 2.45) is 0 Å². The monoisotopic (exact) mass is 387 g/mol. The molecule has 3 atom stereocenters. The van der Waals surface area contributed by atoms with E-state index >= 15 is 0 Å². The van der Waals surface area contributed by atoms with Gasteiger partial charge in [0.1, 0.15) is 5.75 Å². The average molecular weight is 387 g/mol. The van der Waals surface area contributed by atoms with Crippen LogP contribution in [0.5, 0.6) is 5.75 Å². The number of hydrogen-bond acceptors (Lipinski definition) is 4. The van der Waals surface area contributed by atoms with Crippen LogP contribution >= 0.6 is 0 Å². The first-order valence-corrected chi connectivity index (χ1v) is 9.18. The fourth-order valence-electron chi connectivity index (χ4n) is 4.80. The smallest absolute Gasteiger partial charge is 0.447 e. The lowest BCUT2D eigenvalue weighted by Gasteiger charge is -2.60. The van der Waals surface area contributed by atoms with E-state index in [1.165, 1.54) is 30.3 Å². The molecule has 1 aromatic carbocycles. The van der Waals surface area contributed by atoms with Gasteiger partial charge < -0.3 is 9.47 Å². The van der Waals surface area contributed by atoms with Gasteiger partial charge in [0.05, 0.1) is 12.1 Å². The summed E-state index contributed by atoms with van der Waals surface area (Å²) in [7, 11) is 0. The number of nitrogens with zero attached hydrogens (tertiary/aromatic N) is 1. The SMILES string of the molecule is O=C1C=C2C(C#Cc3ccc(OC(F)(F)F)cc3)=C[C@H]3N4CCCC[C@@H]4C23O1. The molecule has 5 rings (SSSR count). The van der Waals surface area contributed by atoms with E-state index in [4.69, 9.17) is 4.74 Å². The lowest BCUT2D eigenvalue weighted by Crippen LogP contribution is -2.76. The lowest BCUT2D eigenvalue weighted by atomic mass is 9.70. The van der Waals surface area contributed by atoms with Crippen molar-refractivity contribution in [2.45, 2.75) is 43.3 Å². The van der Waals surface area contributed by atoms with Crippen LogP contribution in [0.3, 0.4) is 0 Å². The minimum atomic E-state index is -4.72. The highest BCUT2D eigenvalue weighted by molar-refractivity contribution is 5.91. The molecular weight excluding hydrogens is 371 g/mol. The topological polar surface area (TPSA) is 38.8 Å². The number of benzene rings is 1. The van der Waals surface area contributed by atoms with Crippen molar-refractivity contribution in [3.63, 3.8) is 0 Å². The molecule has 1 spiro atoms. The van der Waals surface area contributed by atoms with Gasteiger partial charge in [-0.2, -0.15) is 0 Å². The number of piperidine rings is 1. The van der Waals surface area contributed by atoms with E-state index in [9.17, 15) is 18.0 Å². The third kappa shape index (κ3) is 2.55. The number of ether oxygens (including phenoxy) is 2. The number of carbonyl (C=O) groups is 1. The number of alkyl halides is 3. The summed E-state index contributed by atoms with van der Waals surface area (Å²) in [6.07, 6.45) is 2.12. The van der Waals surface area contributed by atoms with E-state index in [2.05, 4.69) is 21.5 Å². The zero-order valence-electron chi connectivity index (χ0n) is 14.8. The number of carbonyl (C=O) groups excluding carboxylic acids is 1. The Labute approximate surface area is 159 Å². The van der Waals surface area contributed by atoms with Gasteiger partial charge >= 0.3 is 12.3 Å². The molecule has 0 saturated carbocycles. The Bertz CT molecular complexity index is 967. The summed E-state index contributed by atoms with van der Waals surface area (Å²) >= 11 is 0. The van der Waals surface area contributed by atoms with Crippen LogP contribution in [0.1, 0.15) is 24.8 Å². The van der Waals surface area contributed by atoms with Crippen molar-refractivity contribution >= 4 is 5.97 Å². The van der Waals surface area contributed by atoms with Gasteiger partial charge in [0, 0.05) is 22.8 Å². The van der Waals surface area contributed by atoms with Crippen molar-refractivity contribution in [2.75, 3.05) is 6.54 Å². The number of rotatable bonds is 1. The second-order valence-electron chi connectivity index (χ2n) is 7.37. The highest BCUT2D eigenvalue weighted by Gasteiger charge is 2.69. The minimum Gasteiger partial charge on any atom is -0.447 e. The van der Waals surface area contributed by atoms with Crippen LogP contribution in [-0.4, -0.2) is 41.5 Å². The van der Waals surface area contributed by atoms with E-state index < -0.39 is 12.0 Å². The summed E-state index contributed by atoms with van der Waals surface area (Å²) in [5.74, 6) is 5.44. The van der Waals surface area contributed by atoms with E-state index in [0.717, 1.165) is 37.0 Å². The Kier molecular flexibility index (Phi) is 3.65. The summed E-state index contributed by atoms with van der Waals surface area (Å²) in [4.78, 5) is 14.4. The van der Waals surface area contributed by atoms with Crippen LogP contribution in [0.2, 0.25) is 0 Å². The molecule has 1 aromatic rings. The molecule has 0 bridgehead atoms. The van der Waals surface area contributed by atoms with Crippen LogP contribution in [0.15, 0.2) is 47.6 Å². The molecule has 7 heteroatoms. The van der Waals surface area contributed by atoms with Gasteiger partial charge in [0.2, 0.25) is 0 Å². The second kappa shape index (κ2) is 5.89. The third-order valence-corrected chi connectivity index (χ3v) is 5.83. The molecule has 144 valence electrons. The maximum atomic E-state index is 12.2. The molecule has 0 aromatic heterocycles. The predicted molar refractivity (Wildman–Crippen MR) is 93.1 cm³/mol. The molecule has 3 heterocycles. The fraction of sp³-hybridized carbons (Fsp3) is 0.381. The second-order valence-corrected chi connectivity index (χ2v) is 7.37. The summed E-state index contributed by atoms with van der Waals surface area (Å²) in [5, 5.41) is 0. The molecule has 0 amide bonds. The summed E-state index contributed by atoms with van der Waals surface area (Å²) in [6.45, 7) is 0.986. The van der Waals surface area contributed by atoms with E-state index in [1.54, 1.807) is 0 Å². The fourth-order valence-corrected chi connectivity index (χ4v) is 4.80. The van der Waals surface area contributed by atoms with Crippen molar-refractivity contribution in [1.82, 2.24) is 4.90 Å². The molecular formula is C21H16F3NO3. The highest BCUT2D eigenvalue weighted by atomic mass is 19.4. The van der Waals surface area contributed by atoms with E-state index in [0.29, 0.717) is 5.56 Å².